The van der Waals surface area contributed by atoms with E-state index in [1.165, 1.54) is 0 Å². The van der Waals surface area contributed by atoms with E-state index in [1.807, 2.05) is 0 Å². The summed E-state index contributed by atoms with van der Waals surface area (Å²) in [6.07, 6.45) is 3.64. The molecule has 0 bridgehead atoms. The molecule has 0 saturated carbocycles. The van der Waals surface area contributed by atoms with E-state index in [0.29, 0.717) is 19.4 Å². The molecule has 7 nitrogen and oxygen atoms in total. The van der Waals surface area contributed by atoms with Crippen LogP contribution in [0.4, 0.5) is 17.6 Å². The van der Waals surface area contributed by atoms with Crippen molar-refractivity contribution in [3.8, 4) is 5.75 Å². The Morgan fingerprint density at radius 1 is 0.970 bits per heavy atom. The van der Waals surface area contributed by atoms with Crippen LogP contribution in [0, 0.1) is 23.3 Å². The lowest BCUT2D eigenvalue weighted by Crippen LogP contribution is -2.42. The molecule has 33 heavy (non-hydrogen) atoms. The van der Waals surface area contributed by atoms with Gasteiger partial charge in [-0.05, 0) is 26.9 Å². The second kappa shape index (κ2) is 14.7. The van der Waals surface area contributed by atoms with E-state index in [-0.39, 0.29) is 25.4 Å². The first-order valence-corrected chi connectivity index (χ1v) is 10.7. The van der Waals surface area contributed by atoms with Crippen molar-refractivity contribution in [2.45, 2.75) is 57.6 Å². The molecule has 188 valence electrons. The van der Waals surface area contributed by atoms with Crippen molar-refractivity contribution in [3.05, 3.63) is 28.8 Å². The van der Waals surface area contributed by atoms with Gasteiger partial charge < -0.3 is 24.8 Å². The molecule has 0 aliphatic carbocycles. The van der Waals surface area contributed by atoms with Crippen molar-refractivity contribution in [2.75, 3.05) is 34.4 Å². The zero-order valence-electron chi connectivity index (χ0n) is 19.2. The molecule has 0 aromatic heterocycles. The van der Waals surface area contributed by atoms with Crippen molar-refractivity contribution in [3.63, 3.8) is 0 Å². The molecule has 0 radical (unpaired) electrons. The molecule has 0 spiro atoms. The van der Waals surface area contributed by atoms with Crippen LogP contribution in [0.5, 0.6) is 5.75 Å². The number of hydrogen-bond donors (Lipinski definition) is 2. The molecule has 2 N–H and O–H groups in total. The highest BCUT2D eigenvalue weighted by Crippen LogP contribution is 2.30. The van der Waals surface area contributed by atoms with Gasteiger partial charge in [0.1, 0.15) is 0 Å². The number of carbonyl (C=O) groups is 2. The number of rotatable bonds is 16. The predicted molar refractivity (Wildman–Crippen MR) is 113 cm³/mol. The van der Waals surface area contributed by atoms with Crippen molar-refractivity contribution in [2.24, 2.45) is 0 Å². The zero-order chi connectivity index (χ0) is 25.0. The van der Waals surface area contributed by atoms with Crippen LogP contribution in [0.15, 0.2) is 0 Å². The molecule has 1 atom stereocenters. The Hall–Kier alpha value is -2.40. The smallest absolute Gasteiger partial charge is 0.305 e. The van der Waals surface area contributed by atoms with Crippen LogP contribution in [0.25, 0.3) is 0 Å². The lowest BCUT2D eigenvalue weighted by molar-refractivity contribution is -0.137. The summed E-state index contributed by atoms with van der Waals surface area (Å²) in [4.78, 5) is 24.7. The van der Waals surface area contributed by atoms with Gasteiger partial charge in [-0.2, -0.15) is 8.78 Å². The van der Waals surface area contributed by atoms with Gasteiger partial charge in [-0.15, -0.1) is 0 Å². The number of likely N-dealkylation sites (N-methyl/N-ethyl adjacent to an activating group) is 1. The van der Waals surface area contributed by atoms with Gasteiger partial charge in [0.05, 0.1) is 31.7 Å². The van der Waals surface area contributed by atoms with Gasteiger partial charge in [0.2, 0.25) is 17.5 Å². The van der Waals surface area contributed by atoms with Crippen LogP contribution < -0.4 is 10.1 Å². The summed E-state index contributed by atoms with van der Waals surface area (Å²) < 4.78 is 64.5. The van der Waals surface area contributed by atoms with Crippen molar-refractivity contribution in [1.29, 1.82) is 0 Å². The van der Waals surface area contributed by atoms with Gasteiger partial charge >= 0.3 is 5.97 Å². The van der Waals surface area contributed by atoms with E-state index in [4.69, 9.17) is 9.84 Å². The lowest BCUT2D eigenvalue weighted by atomic mass is 10.1. The standard InChI is InChI=1S/C22H32F4N2O5/c1-28(2)12-14(11-17(30)31)27-16(29)9-7-5-4-6-8-10-33-13-15-18(23)20(25)22(32-3)21(26)19(15)24/h14H,4-13H2,1-3H3,(H,27,29)(H,30,31). The summed E-state index contributed by atoms with van der Waals surface area (Å²) in [6, 6.07) is -0.454. The van der Waals surface area contributed by atoms with Gasteiger partial charge in [0.25, 0.3) is 0 Å². The highest BCUT2D eigenvalue weighted by atomic mass is 19.2. The molecule has 1 unspecified atom stereocenters. The van der Waals surface area contributed by atoms with Gasteiger partial charge in [-0.1, -0.05) is 19.3 Å². The molecule has 1 rings (SSSR count). The van der Waals surface area contributed by atoms with Gasteiger partial charge in [0, 0.05) is 19.6 Å². The highest BCUT2D eigenvalue weighted by Gasteiger charge is 2.26. The van der Waals surface area contributed by atoms with Crippen LogP contribution in [0.1, 0.15) is 50.5 Å². The quantitative estimate of drug-likeness (QED) is 0.213. The SMILES string of the molecule is COc1c(F)c(F)c(COCCCCCCCC(=O)NC(CC(=O)O)CN(C)C)c(F)c1F. The molecule has 0 heterocycles. The Labute approximate surface area is 191 Å². The Bertz CT molecular complexity index is 764. The number of ether oxygens (including phenoxy) is 2. The summed E-state index contributed by atoms with van der Waals surface area (Å²) >= 11 is 0. The fourth-order valence-electron chi connectivity index (χ4n) is 3.27. The number of benzene rings is 1. The number of unbranched alkanes of at least 4 members (excludes halogenated alkanes) is 4. The normalized spacial score (nSPS) is 12.1. The highest BCUT2D eigenvalue weighted by molar-refractivity contribution is 5.77. The Morgan fingerprint density at radius 2 is 1.55 bits per heavy atom. The number of hydrogen-bond acceptors (Lipinski definition) is 5. The first-order valence-electron chi connectivity index (χ1n) is 10.7. The molecule has 0 fully saturated rings. The number of carboxylic acid groups (broad SMARTS) is 1. The summed E-state index contributed by atoms with van der Waals surface area (Å²) in [5, 5.41) is 11.7. The zero-order valence-corrected chi connectivity index (χ0v) is 19.2. The third kappa shape index (κ3) is 9.95. The molecule has 0 aliphatic rings. The van der Waals surface area contributed by atoms with E-state index in [2.05, 4.69) is 10.1 Å². The van der Waals surface area contributed by atoms with Crippen LogP contribution in [0.2, 0.25) is 0 Å². The Balaban J connectivity index is 2.24. The first-order chi connectivity index (χ1) is 15.6. The maximum atomic E-state index is 13.9. The number of aliphatic carboxylic acids is 1. The van der Waals surface area contributed by atoms with E-state index < -0.39 is 53.2 Å². The van der Waals surface area contributed by atoms with Crippen molar-refractivity contribution >= 4 is 11.9 Å². The van der Waals surface area contributed by atoms with E-state index >= 15 is 0 Å². The third-order valence-corrected chi connectivity index (χ3v) is 4.83. The van der Waals surface area contributed by atoms with Crippen molar-refractivity contribution < 1.29 is 41.7 Å². The number of nitrogens with zero attached hydrogens (tertiary/aromatic N) is 1. The Kier molecular flexibility index (Phi) is 12.7. The van der Waals surface area contributed by atoms with Crippen LogP contribution in [-0.4, -0.2) is 62.3 Å². The number of amides is 1. The van der Waals surface area contributed by atoms with Gasteiger partial charge in [-0.3, -0.25) is 9.59 Å². The minimum Gasteiger partial charge on any atom is -0.491 e. The first kappa shape index (κ1) is 28.6. The third-order valence-electron chi connectivity index (χ3n) is 4.83. The van der Waals surface area contributed by atoms with Gasteiger partial charge in [-0.25, -0.2) is 8.78 Å². The molecule has 0 saturated heterocycles. The molecular formula is C22H32F4N2O5. The second-order valence-electron chi connectivity index (χ2n) is 7.96. The average Bonchev–Trinajstić information content (AvgIpc) is 2.72. The summed E-state index contributed by atoms with van der Waals surface area (Å²) in [5.74, 6) is -8.57. The molecule has 11 heteroatoms. The average molecular weight is 480 g/mol. The number of nitrogens with one attached hydrogen (secondary N) is 1. The number of halogens is 4. The lowest BCUT2D eigenvalue weighted by Gasteiger charge is -2.20. The topological polar surface area (TPSA) is 88.1 Å². The molecule has 1 aromatic rings. The summed E-state index contributed by atoms with van der Waals surface area (Å²) in [7, 11) is 4.50. The van der Waals surface area contributed by atoms with E-state index in [9.17, 15) is 27.2 Å². The largest absolute Gasteiger partial charge is 0.491 e. The Morgan fingerprint density at radius 3 is 2.09 bits per heavy atom. The monoisotopic (exact) mass is 480 g/mol. The summed E-state index contributed by atoms with van der Waals surface area (Å²) in [5.41, 5.74) is -0.827. The van der Waals surface area contributed by atoms with Crippen molar-refractivity contribution in [1.82, 2.24) is 10.2 Å². The maximum absolute atomic E-state index is 13.9. The number of methoxy groups -OCH3 is 1. The minimum atomic E-state index is -1.60. The molecule has 0 aliphatic heterocycles. The van der Waals surface area contributed by atoms with Crippen LogP contribution in [-0.2, 0) is 20.9 Å². The maximum Gasteiger partial charge on any atom is 0.305 e. The second-order valence-corrected chi connectivity index (χ2v) is 7.96. The number of carboxylic acids is 1. The molecule has 1 aromatic carbocycles. The number of carbonyl (C=O) groups excluding carboxylic acids is 1. The fourth-order valence-corrected chi connectivity index (χ4v) is 3.27. The van der Waals surface area contributed by atoms with E-state index in [0.717, 1.165) is 26.4 Å². The minimum absolute atomic E-state index is 0.145. The van der Waals surface area contributed by atoms with Crippen LogP contribution >= 0.6 is 0 Å². The van der Waals surface area contributed by atoms with Crippen LogP contribution in [0.3, 0.4) is 0 Å². The van der Waals surface area contributed by atoms with E-state index in [1.54, 1.807) is 19.0 Å². The molecule has 1 amide bonds. The van der Waals surface area contributed by atoms with Gasteiger partial charge in [0.15, 0.2) is 17.4 Å². The molecular weight excluding hydrogens is 448 g/mol. The fraction of sp³-hybridized carbons (Fsp3) is 0.636. The summed E-state index contributed by atoms with van der Waals surface area (Å²) in [6.45, 7) is -0.0299. The predicted octanol–water partition coefficient (Wildman–Crippen LogP) is 3.63.